The number of carbonyl (C=O) groups is 1. The van der Waals surface area contributed by atoms with Crippen LogP contribution in [0.2, 0.25) is 0 Å². The number of hydrogen-bond acceptors (Lipinski definition) is 7. The van der Waals surface area contributed by atoms with Crippen LogP contribution in [-0.4, -0.2) is 77.5 Å². The van der Waals surface area contributed by atoms with Crippen LogP contribution in [0.15, 0.2) is 61.1 Å². The molecular weight excluding hydrogens is 538 g/mol. The zero-order valence-electron chi connectivity index (χ0n) is 25.9. The van der Waals surface area contributed by atoms with E-state index in [-0.39, 0.29) is 5.91 Å². The van der Waals surface area contributed by atoms with Crippen LogP contribution in [0.3, 0.4) is 0 Å². The van der Waals surface area contributed by atoms with Gasteiger partial charge in [-0.05, 0) is 94.4 Å². The molecule has 43 heavy (non-hydrogen) atoms. The summed E-state index contributed by atoms with van der Waals surface area (Å²) in [4.78, 5) is 26.5. The van der Waals surface area contributed by atoms with E-state index in [2.05, 4.69) is 53.0 Å². The Morgan fingerprint density at radius 1 is 1.07 bits per heavy atom. The number of nitrogens with zero attached hydrogens (tertiary/aromatic N) is 5. The summed E-state index contributed by atoms with van der Waals surface area (Å²) < 4.78 is 7.64. The summed E-state index contributed by atoms with van der Waals surface area (Å²) in [5.41, 5.74) is 10.5. The maximum absolute atomic E-state index is 13.3. The van der Waals surface area contributed by atoms with Crippen LogP contribution in [-0.2, 0) is 0 Å². The SMILES string of the molecule is CCC(CCN(C)C)CCN(C)C(=O)c1ccc(Nc2nccn3c(-c4ccc(OCC#CCN)cc4)cnc23)cc1C. The Morgan fingerprint density at radius 2 is 1.84 bits per heavy atom. The largest absolute Gasteiger partial charge is 0.481 e. The summed E-state index contributed by atoms with van der Waals surface area (Å²) in [5.74, 6) is 7.68. The van der Waals surface area contributed by atoms with Gasteiger partial charge in [0.1, 0.15) is 12.4 Å². The van der Waals surface area contributed by atoms with Crippen LogP contribution in [0.5, 0.6) is 5.75 Å². The van der Waals surface area contributed by atoms with Gasteiger partial charge in [0.05, 0.1) is 18.4 Å². The van der Waals surface area contributed by atoms with E-state index in [0.29, 0.717) is 36.1 Å². The Kier molecular flexibility index (Phi) is 11.1. The predicted molar refractivity (Wildman–Crippen MR) is 174 cm³/mol. The normalized spacial score (nSPS) is 11.7. The highest BCUT2D eigenvalue weighted by Crippen LogP contribution is 2.27. The Balaban J connectivity index is 1.43. The van der Waals surface area contributed by atoms with Crippen LogP contribution in [0, 0.1) is 24.7 Å². The van der Waals surface area contributed by atoms with Gasteiger partial charge in [0.15, 0.2) is 11.5 Å². The molecule has 1 unspecified atom stereocenters. The molecule has 9 nitrogen and oxygen atoms in total. The maximum atomic E-state index is 13.3. The molecule has 1 atom stereocenters. The number of anilines is 2. The number of amides is 1. The number of aromatic nitrogens is 3. The summed E-state index contributed by atoms with van der Waals surface area (Å²) in [6, 6.07) is 13.6. The third kappa shape index (κ3) is 8.34. The molecule has 2 aromatic carbocycles. The van der Waals surface area contributed by atoms with Gasteiger partial charge in [-0.1, -0.05) is 25.2 Å². The molecule has 2 heterocycles. The zero-order valence-corrected chi connectivity index (χ0v) is 25.9. The number of fused-ring (bicyclic) bond motifs is 1. The summed E-state index contributed by atoms with van der Waals surface area (Å²) in [6.45, 7) is 6.64. The summed E-state index contributed by atoms with van der Waals surface area (Å²) in [6.07, 6.45) is 8.75. The number of imidazole rings is 1. The highest BCUT2D eigenvalue weighted by molar-refractivity contribution is 5.96. The molecule has 9 heteroatoms. The van der Waals surface area contributed by atoms with Crippen LogP contribution >= 0.6 is 0 Å². The van der Waals surface area contributed by atoms with Crippen molar-refractivity contribution in [2.24, 2.45) is 11.7 Å². The second kappa shape index (κ2) is 15.2. The van der Waals surface area contributed by atoms with Crippen LogP contribution in [0.1, 0.15) is 42.1 Å². The number of carbonyl (C=O) groups excluding carboxylic acids is 1. The monoisotopic (exact) mass is 581 g/mol. The third-order valence-corrected chi connectivity index (χ3v) is 7.62. The lowest BCUT2D eigenvalue weighted by Crippen LogP contribution is -2.30. The standard InChI is InChI=1S/C34H43N7O2/c1-6-26(15-19-39(3)4)16-20-40(5)34(42)30-14-11-28(23-25(30)2)38-32-33-37-24-31(41(33)21-18-36-32)27-9-12-29(13-10-27)43-22-8-7-17-35/h9-14,18,21,23-24,26H,6,15-17,19-20,22,35H2,1-5H3,(H,36,38). The maximum Gasteiger partial charge on any atom is 0.253 e. The number of aryl methyl sites for hydroxylation is 1. The minimum Gasteiger partial charge on any atom is -0.481 e. The minimum absolute atomic E-state index is 0.0459. The molecule has 0 aliphatic heterocycles. The Morgan fingerprint density at radius 3 is 2.53 bits per heavy atom. The van der Waals surface area contributed by atoms with Crippen molar-refractivity contribution in [2.75, 3.05) is 52.7 Å². The molecule has 0 saturated heterocycles. The molecule has 0 spiro atoms. The van der Waals surface area contributed by atoms with Gasteiger partial charge in [-0.2, -0.15) is 0 Å². The molecule has 4 aromatic rings. The molecule has 0 bridgehead atoms. The number of nitrogens with two attached hydrogens (primary N) is 1. The van der Waals surface area contributed by atoms with E-state index in [0.717, 1.165) is 60.6 Å². The molecule has 2 aromatic heterocycles. The van der Waals surface area contributed by atoms with Gasteiger partial charge in [0, 0.05) is 42.8 Å². The molecule has 0 aliphatic rings. The van der Waals surface area contributed by atoms with Crippen molar-refractivity contribution < 1.29 is 9.53 Å². The Labute approximate surface area is 255 Å². The van der Waals surface area contributed by atoms with E-state index in [1.165, 1.54) is 0 Å². The number of nitrogens with one attached hydrogen (secondary N) is 1. The lowest BCUT2D eigenvalue weighted by Gasteiger charge is -2.23. The second-order valence-electron chi connectivity index (χ2n) is 11.0. The van der Waals surface area contributed by atoms with Crippen molar-refractivity contribution in [3.63, 3.8) is 0 Å². The van der Waals surface area contributed by atoms with Crippen molar-refractivity contribution in [3.05, 3.63) is 72.2 Å². The number of hydrogen-bond donors (Lipinski definition) is 2. The van der Waals surface area contributed by atoms with Gasteiger partial charge < -0.3 is 25.6 Å². The summed E-state index contributed by atoms with van der Waals surface area (Å²) >= 11 is 0. The fraction of sp³-hybridized carbons (Fsp3) is 0.382. The minimum atomic E-state index is 0.0459. The third-order valence-electron chi connectivity index (χ3n) is 7.62. The fourth-order valence-corrected chi connectivity index (χ4v) is 4.98. The van der Waals surface area contributed by atoms with E-state index in [1.54, 1.807) is 6.20 Å². The molecule has 0 fully saturated rings. The quantitative estimate of drug-likeness (QED) is 0.209. The molecule has 226 valence electrons. The average molecular weight is 582 g/mol. The first-order valence-electron chi connectivity index (χ1n) is 14.8. The smallest absolute Gasteiger partial charge is 0.253 e. The van der Waals surface area contributed by atoms with E-state index in [9.17, 15) is 4.79 Å². The first-order valence-corrected chi connectivity index (χ1v) is 14.8. The highest BCUT2D eigenvalue weighted by atomic mass is 16.5. The van der Waals surface area contributed by atoms with Crippen LogP contribution < -0.4 is 15.8 Å². The first-order chi connectivity index (χ1) is 20.8. The lowest BCUT2D eigenvalue weighted by atomic mass is 9.97. The highest BCUT2D eigenvalue weighted by Gasteiger charge is 2.17. The van der Waals surface area contributed by atoms with Gasteiger partial charge in [-0.25, -0.2) is 9.97 Å². The Hall–Kier alpha value is -4.39. The van der Waals surface area contributed by atoms with E-state index < -0.39 is 0 Å². The number of ether oxygens (including phenoxy) is 1. The van der Waals surface area contributed by atoms with E-state index >= 15 is 0 Å². The molecule has 1 amide bonds. The Bertz CT molecular complexity index is 1570. The molecular formula is C34H43N7O2. The number of rotatable bonds is 13. The van der Waals surface area contributed by atoms with E-state index in [1.807, 2.05) is 78.1 Å². The molecule has 0 saturated carbocycles. The molecule has 3 N–H and O–H groups in total. The molecule has 0 radical (unpaired) electrons. The first kappa shape index (κ1) is 31.5. The molecule has 0 aliphatic carbocycles. The van der Waals surface area contributed by atoms with Crippen molar-refractivity contribution in [1.29, 1.82) is 0 Å². The van der Waals surface area contributed by atoms with Gasteiger partial charge in [-0.3, -0.25) is 9.20 Å². The van der Waals surface area contributed by atoms with E-state index in [4.69, 9.17) is 10.5 Å². The predicted octanol–water partition coefficient (Wildman–Crippen LogP) is 5.23. The van der Waals surface area contributed by atoms with Gasteiger partial charge in [0.25, 0.3) is 5.91 Å². The van der Waals surface area contributed by atoms with Crippen LogP contribution in [0.4, 0.5) is 11.5 Å². The van der Waals surface area contributed by atoms with Crippen molar-refractivity contribution in [3.8, 4) is 28.8 Å². The lowest BCUT2D eigenvalue weighted by molar-refractivity contribution is 0.0784. The second-order valence-corrected chi connectivity index (χ2v) is 11.0. The fourth-order valence-electron chi connectivity index (χ4n) is 4.98. The van der Waals surface area contributed by atoms with Crippen molar-refractivity contribution in [2.45, 2.75) is 33.1 Å². The molecule has 4 rings (SSSR count). The van der Waals surface area contributed by atoms with Gasteiger partial charge in [0.2, 0.25) is 0 Å². The average Bonchev–Trinajstić information content (AvgIpc) is 3.44. The summed E-state index contributed by atoms with van der Waals surface area (Å²) in [5, 5.41) is 3.40. The van der Waals surface area contributed by atoms with Crippen molar-refractivity contribution in [1.82, 2.24) is 24.2 Å². The van der Waals surface area contributed by atoms with Gasteiger partial charge >= 0.3 is 0 Å². The summed E-state index contributed by atoms with van der Waals surface area (Å²) in [7, 11) is 6.10. The van der Waals surface area contributed by atoms with Crippen LogP contribution in [0.25, 0.3) is 16.9 Å². The topological polar surface area (TPSA) is 101 Å². The zero-order chi connectivity index (χ0) is 30.8. The van der Waals surface area contributed by atoms with Gasteiger partial charge in [-0.15, -0.1) is 0 Å². The van der Waals surface area contributed by atoms with Crippen molar-refractivity contribution >= 4 is 23.1 Å². The number of benzene rings is 2.